The fourth-order valence-electron chi connectivity index (χ4n) is 6.99. The van der Waals surface area contributed by atoms with Crippen molar-refractivity contribution in [3.63, 3.8) is 0 Å². The van der Waals surface area contributed by atoms with Crippen LogP contribution in [0.25, 0.3) is 88.1 Å². The zero-order valence-corrected chi connectivity index (χ0v) is 25.1. The Morgan fingerprint density at radius 2 is 0.717 bits per heavy atom. The lowest BCUT2D eigenvalue weighted by atomic mass is 9.86. The second-order valence-electron chi connectivity index (χ2n) is 11.7. The highest BCUT2D eigenvalue weighted by Gasteiger charge is 2.17. The monoisotopic (exact) mass is 584 g/mol. The van der Waals surface area contributed by atoms with Crippen molar-refractivity contribution >= 4 is 43.2 Å². The van der Waals surface area contributed by atoms with Crippen LogP contribution in [0.15, 0.2) is 170 Å². The molecule has 2 heteroatoms. The number of fused-ring (bicyclic) bond motifs is 5. The third-order valence-corrected chi connectivity index (χ3v) is 9.06. The fraction of sp³-hybridized carbons (Fsp3) is 0. The van der Waals surface area contributed by atoms with E-state index in [0.29, 0.717) is 0 Å². The van der Waals surface area contributed by atoms with Crippen LogP contribution in [-0.4, -0.2) is 9.97 Å². The first-order valence-corrected chi connectivity index (χ1v) is 15.7. The molecule has 2 aromatic heterocycles. The van der Waals surface area contributed by atoms with Gasteiger partial charge in [0.05, 0.1) is 22.6 Å². The van der Waals surface area contributed by atoms with Crippen LogP contribution in [0.4, 0.5) is 0 Å². The first-order valence-electron chi connectivity index (χ1n) is 15.7. The van der Waals surface area contributed by atoms with E-state index in [2.05, 4.69) is 164 Å². The van der Waals surface area contributed by atoms with Crippen LogP contribution >= 0.6 is 0 Å². The van der Waals surface area contributed by atoms with Crippen molar-refractivity contribution in [2.75, 3.05) is 0 Å². The Morgan fingerprint density at radius 3 is 1.35 bits per heavy atom. The van der Waals surface area contributed by atoms with E-state index in [1.807, 2.05) is 6.07 Å². The Morgan fingerprint density at radius 1 is 0.261 bits per heavy atom. The second kappa shape index (κ2) is 10.8. The molecule has 2 nitrogen and oxygen atoms in total. The van der Waals surface area contributed by atoms with E-state index in [0.717, 1.165) is 38.9 Å². The van der Waals surface area contributed by atoms with Crippen molar-refractivity contribution in [3.05, 3.63) is 170 Å². The molecule has 9 aromatic rings. The first kappa shape index (κ1) is 26.3. The van der Waals surface area contributed by atoms with E-state index in [1.54, 1.807) is 0 Å². The summed E-state index contributed by atoms with van der Waals surface area (Å²) in [4.78, 5) is 10.2. The van der Waals surface area contributed by atoms with Crippen LogP contribution in [0, 0.1) is 0 Å². The quantitative estimate of drug-likeness (QED) is 0.152. The van der Waals surface area contributed by atoms with Gasteiger partial charge in [0.2, 0.25) is 0 Å². The molecule has 0 fully saturated rings. The zero-order chi connectivity index (χ0) is 30.5. The average molecular weight is 585 g/mol. The minimum Gasteiger partial charge on any atom is -0.246 e. The molecule has 46 heavy (non-hydrogen) atoms. The molecule has 0 amide bonds. The zero-order valence-electron chi connectivity index (χ0n) is 25.1. The SMILES string of the molecule is c1ccc(-c2c3ccccc3c(-c3ccc(-c4cccc(-c5nc6ccccc6c6ccccc56)n4)cc3)c3ccccc23)cc1. The summed E-state index contributed by atoms with van der Waals surface area (Å²) >= 11 is 0. The number of hydrogen-bond acceptors (Lipinski definition) is 2. The lowest BCUT2D eigenvalue weighted by molar-refractivity contribution is 1.29. The Hall–Kier alpha value is -6.12. The maximum absolute atomic E-state index is 5.16. The third-order valence-electron chi connectivity index (χ3n) is 9.06. The van der Waals surface area contributed by atoms with Crippen LogP contribution < -0.4 is 0 Å². The Bertz CT molecular complexity index is 2510. The fourth-order valence-corrected chi connectivity index (χ4v) is 6.99. The van der Waals surface area contributed by atoms with Gasteiger partial charge < -0.3 is 0 Å². The predicted molar refractivity (Wildman–Crippen MR) is 194 cm³/mol. The number of nitrogens with zero attached hydrogens (tertiary/aromatic N) is 2. The van der Waals surface area contributed by atoms with Crippen LogP contribution in [0.2, 0.25) is 0 Å². The van der Waals surface area contributed by atoms with E-state index in [4.69, 9.17) is 9.97 Å². The van der Waals surface area contributed by atoms with Gasteiger partial charge in [-0.25, -0.2) is 9.97 Å². The number of benzene rings is 7. The summed E-state index contributed by atoms with van der Waals surface area (Å²) in [7, 11) is 0. The van der Waals surface area contributed by atoms with Crippen molar-refractivity contribution < 1.29 is 0 Å². The lowest BCUT2D eigenvalue weighted by Crippen LogP contribution is -1.94. The summed E-state index contributed by atoms with van der Waals surface area (Å²) in [6.07, 6.45) is 0. The molecule has 0 saturated carbocycles. The number of hydrogen-bond donors (Lipinski definition) is 0. The molecule has 0 aliphatic rings. The smallest absolute Gasteiger partial charge is 0.0972 e. The van der Waals surface area contributed by atoms with E-state index < -0.39 is 0 Å². The van der Waals surface area contributed by atoms with Gasteiger partial charge in [0.25, 0.3) is 0 Å². The summed E-state index contributed by atoms with van der Waals surface area (Å²) in [5.41, 5.74) is 9.72. The molecule has 214 valence electrons. The van der Waals surface area contributed by atoms with Crippen molar-refractivity contribution in [3.8, 4) is 44.9 Å². The molecular formula is C44H28N2. The van der Waals surface area contributed by atoms with E-state index in [1.165, 1.54) is 49.2 Å². The highest BCUT2D eigenvalue weighted by Crippen LogP contribution is 2.43. The predicted octanol–water partition coefficient (Wildman–Crippen LogP) is 11.8. The number of pyridine rings is 2. The molecular weight excluding hydrogens is 556 g/mol. The summed E-state index contributed by atoms with van der Waals surface area (Å²) in [6, 6.07) is 60.2. The Labute approximate surface area is 267 Å². The summed E-state index contributed by atoms with van der Waals surface area (Å²) < 4.78 is 0. The van der Waals surface area contributed by atoms with Gasteiger partial charge in [-0.2, -0.15) is 0 Å². The van der Waals surface area contributed by atoms with Crippen LogP contribution in [0.5, 0.6) is 0 Å². The molecule has 0 saturated heterocycles. The van der Waals surface area contributed by atoms with Gasteiger partial charge in [-0.15, -0.1) is 0 Å². The van der Waals surface area contributed by atoms with Gasteiger partial charge >= 0.3 is 0 Å². The van der Waals surface area contributed by atoms with Gasteiger partial charge in [0.1, 0.15) is 0 Å². The second-order valence-corrected chi connectivity index (χ2v) is 11.7. The largest absolute Gasteiger partial charge is 0.246 e. The molecule has 0 radical (unpaired) electrons. The van der Waals surface area contributed by atoms with Crippen LogP contribution in [0.3, 0.4) is 0 Å². The van der Waals surface area contributed by atoms with E-state index in [9.17, 15) is 0 Å². The van der Waals surface area contributed by atoms with Crippen molar-refractivity contribution in [2.24, 2.45) is 0 Å². The van der Waals surface area contributed by atoms with Crippen molar-refractivity contribution in [1.82, 2.24) is 9.97 Å². The molecule has 7 aromatic carbocycles. The van der Waals surface area contributed by atoms with E-state index >= 15 is 0 Å². The minimum absolute atomic E-state index is 0.872. The molecule has 0 aliphatic carbocycles. The number of rotatable bonds is 4. The maximum Gasteiger partial charge on any atom is 0.0972 e. The van der Waals surface area contributed by atoms with Gasteiger partial charge in [0.15, 0.2) is 0 Å². The highest BCUT2D eigenvalue weighted by molar-refractivity contribution is 6.21. The highest BCUT2D eigenvalue weighted by atomic mass is 14.8. The molecule has 9 rings (SSSR count). The third kappa shape index (κ3) is 4.27. The molecule has 0 N–H and O–H groups in total. The minimum atomic E-state index is 0.872. The number of para-hydroxylation sites is 1. The van der Waals surface area contributed by atoms with Crippen LogP contribution in [0.1, 0.15) is 0 Å². The van der Waals surface area contributed by atoms with Crippen LogP contribution in [-0.2, 0) is 0 Å². The Kier molecular flexibility index (Phi) is 6.17. The van der Waals surface area contributed by atoms with Crippen molar-refractivity contribution in [1.29, 1.82) is 0 Å². The summed E-state index contributed by atoms with van der Waals surface area (Å²) in [5, 5.41) is 8.48. The number of aromatic nitrogens is 2. The van der Waals surface area contributed by atoms with Crippen molar-refractivity contribution in [2.45, 2.75) is 0 Å². The standard InChI is InChI=1S/C44H28N2/c1-2-13-30(14-3-1)42-34-17-5-7-19-36(34)43(37-20-8-6-18-35(37)42)31-27-25-29(26-28-31)39-23-12-24-41(45-39)44-38-21-9-4-15-32(38)33-16-10-11-22-40(33)46-44/h1-28H. The van der Waals surface area contributed by atoms with E-state index in [-0.39, 0.29) is 0 Å². The topological polar surface area (TPSA) is 25.8 Å². The summed E-state index contributed by atoms with van der Waals surface area (Å²) in [5.74, 6) is 0. The molecule has 0 spiro atoms. The lowest BCUT2D eigenvalue weighted by Gasteiger charge is -2.18. The maximum atomic E-state index is 5.16. The Balaban J connectivity index is 1.18. The van der Waals surface area contributed by atoms with Gasteiger partial charge in [-0.3, -0.25) is 0 Å². The normalized spacial score (nSPS) is 11.5. The molecule has 0 aliphatic heterocycles. The first-order chi connectivity index (χ1) is 22.8. The molecule has 0 atom stereocenters. The molecule has 0 unspecified atom stereocenters. The van der Waals surface area contributed by atoms with Gasteiger partial charge in [0, 0.05) is 16.3 Å². The van der Waals surface area contributed by atoms with Gasteiger partial charge in [-0.05, 0) is 67.4 Å². The molecule has 2 heterocycles. The summed E-state index contributed by atoms with van der Waals surface area (Å²) in [6.45, 7) is 0. The average Bonchev–Trinajstić information content (AvgIpc) is 3.14. The van der Waals surface area contributed by atoms with Gasteiger partial charge in [-0.1, -0.05) is 152 Å². The molecule has 0 bridgehead atoms.